The number of benzene rings is 1. The van der Waals surface area contributed by atoms with Crippen molar-refractivity contribution < 1.29 is 9.59 Å². The van der Waals surface area contributed by atoms with Gasteiger partial charge in [-0.15, -0.1) is 0 Å². The van der Waals surface area contributed by atoms with E-state index in [1.54, 1.807) is 0 Å². The summed E-state index contributed by atoms with van der Waals surface area (Å²) in [6, 6.07) is 8.18. The van der Waals surface area contributed by atoms with Crippen molar-refractivity contribution in [2.24, 2.45) is 0 Å². The predicted octanol–water partition coefficient (Wildman–Crippen LogP) is 0.856. The normalized spacial score (nSPS) is 27.3. The van der Waals surface area contributed by atoms with E-state index in [0.29, 0.717) is 26.1 Å². The van der Waals surface area contributed by atoms with E-state index in [1.807, 2.05) is 28.0 Å². The number of hydrogen-bond donors (Lipinski definition) is 1. The van der Waals surface area contributed by atoms with Gasteiger partial charge >= 0.3 is 0 Å². The molecule has 3 aliphatic rings. The van der Waals surface area contributed by atoms with Crippen molar-refractivity contribution in [3.63, 3.8) is 0 Å². The summed E-state index contributed by atoms with van der Waals surface area (Å²) in [5.41, 5.74) is 2.29. The summed E-state index contributed by atoms with van der Waals surface area (Å²) >= 11 is 0. The fourth-order valence-corrected chi connectivity index (χ4v) is 3.73. The van der Waals surface area contributed by atoms with Crippen LogP contribution in [-0.2, 0) is 16.0 Å². The van der Waals surface area contributed by atoms with E-state index >= 15 is 0 Å². The van der Waals surface area contributed by atoms with E-state index in [-0.39, 0.29) is 23.9 Å². The second-order valence-corrected chi connectivity index (χ2v) is 6.12. The van der Waals surface area contributed by atoms with E-state index < -0.39 is 0 Å². The molecule has 3 aliphatic heterocycles. The molecule has 0 spiro atoms. The van der Waals surface area contributed by atoms with Crippen LogP contribution in [0.15, 0.2) is 24.3 Å². The van der Waals surface area contributed by atoms with Gasteiger partial charge in [0.05, 0.1) is 0 Å². The molecule has 0 aromatic heterocycles. The highest BCUT2D eigenvalue weighted by Gasteiger charge is 2.39. The number of piperazine rings is 1. The number of fused-ring (bicyclic) bond motifs is 2. The average molecular weight is 285 g/mol. The van der Waals surface area contributed by atoms with Crippen LogP contribution in [0, 0.1) is 0 Å². The molecule has 1 aromatic rings. The van der Waals surface area contributed by atoms with Gasteiger partial charge in [0.1, 0.15) is 6.04 Å². The van der Waals surface area contributed by atoms with Crippen LogP contribution >= 0.6 is 0 Å². The Morgan fingerprint density at radius 2 is 2.10 bits per heavy atom. The Bertz CT molecular complexity index is 576. The molecule has 1 aromatic carbocycles. The van der Waals surface area contributed by atoms with Gasteiger partial charge in [-0.05, 0) is 18.1 Å². The summed E-state index contributed by atoms with van der Waals surface area (Å²) in [7, 11) is 0. The molecule has 2 fully saturated rings. The van der Waals surface area contributed by atoms with Crippen LogP contribution in [0.3, 0.4) is 0 Å². The molecule has 0 bridgehead atoms. The summed E-state index contributed by atoms with van der Waals surface area (Å²) in [4.78, 5) is 28.3. The minimum atomic E-state index is -0.147. The summed E-state index contributed by atoms with van der Waals surface area (Å²) in [5, 5.41) is 3.33. The molecule has 5 nitrogen and oxygen atoms in total. The number of para-hydroxylation sites is 1. The van der Waals surface area contributed by atoms with Gasteiger partial charge in [-0.25, -0.2) is 0 Å². The third-order valence-corrected chi connectivity index (χ3v) is 4.88. The number of carbonyl (C=O) groups is 2. The molecule has 21 heavy (non-hydrogen) atoms. The van der Waals surface area contributed by atoms with Crippen molar-refractivity contribution >= 4 is 17.5 Å². The molecule has 5 heteroatoms. The topological polar surface area (TPSA) is 52.7 Å². The van der Waals surface area contributed by atoms with Gasteiger partial charge in [-0.2, -0.15) is 0 Å². The van der Waals surface area contributed by atoms with Crippen molar-refractivity contribution in [1.82, 2.24) is 9.80 Å². The Morgan fingerprint density at radius 3 is 2.95 bits per heavy atom. The van der Waals surface area contributed by atoms with Gasteiger partial charge in [0.25, 0.3) is 0 Å². The Kier molecular flexibility index (Phi) is 2.87. The van der Waals surface area contributed by atoms with Crippen molar-refractivity contribution in [3.05, 3.63) is 29.8 Å². The van der Waals surface area contributed by atoms with Gasteiger partial charge in [0.2, 0.25) is 11.8 Å². The predicted molar refractivity (Wildman–Crippen MR) is 78.9 cm³/mol. The number of amides is 2. The molecule has 2 unspecified atom stereocenters. The lowest BCUT2D eigenvalue weighted by Crippen LogP contribution is -2.55. The van der Waals surface area contributed by atoms with Gasteiger partial charge < -0.3 is 15.1 Å². The maximum absolute atomic E-state index is 12.7. The van der Waals surface area contributed by atoms with Crippen LogP contribution in [0.25, 0.3) is 0 Å². The molecule has 0 radical (unpaired) electrons. The fraction of sp³-hybridized carbons (Fsp3) is 0.500. The number of anilines is 1. The zero-order chi connectivity index (χ0) is 14.4. The Hall–Kier alpha value is -2.04. The first-order valence-corrected chi connectivity index (χ1v) is 7.65. The zero-order valence-corrected chi connectivity index (χ0v) is 11.9. The van der Waals surface area contributed by atoms with Gasteiger partial charge in [0, 0.05) is 44.2 Å². The number of hydrogen-bond acceptors (Lipinski definition) is 3. The summed E-state index contributed by atoms with van der Waals surface area (Å²) in [6.45, 7) is 2.05. The molecule has 0 saturated carbocycles. The number of carbonyl (C=O) groups excluding carboxylic acids is 2. The standard InChI is InChI=1S/C16H19N3O2/c20-15-6-5-12-10-18(7-8-19(12)15)16(21)14-9-11-3-1-2-4-13(11)17-14/h1-4,12,14,17H,5-10H2. The van der Waals surface area contributed by atoms with Crippen molar-refractivity contribution in [3.8, 4) is 0 Å². The number of nitrogens with zero attached hydrogens (tertiary/aromatic N) is 2. The molecule has 3 heterocycles. The number of rotatable bonds is 1. The lowest BCUT2D eigenvalue weighted by Gasteiger charge is -2.38. The smallest absolute Gasteiger partial charge is 0.245 e. The second kappa shape index (κ2) is 4.76. The summed E-state index contributed by atoms with van der Waals surface area (Å²) < 4.78 is 0. The highest BCUT2D eigenvalue weighted by molar-refractivity contribution is 5.88. The molecule has 4 rings (SSSR count). The third kappa shape index (κ3) is 2.07. The van der Waals surface area contributed by atoms with Crippen molar-refractivity contribution in [2.45, 2.75) is 31.3 Å². The Balaban J connectivity index is 1.44. The second-order valence-electron chi connectivity index (χ2n) is 6.12. The van der Waals surface area contributed by atoms with E-state index in [2.05, 4.69) is 11.4 Å². The molecule has 2 amide bonds. The van der Waals surface area contributed by atoms with E-state index in [0.717, 1.165) is 18.5 Å². The third-order valence-electron chi connectivity index (χ3n) is 4.88. The lowest BCUT2D eigenvalue weighted by atomic mass is 10.1. The van der Waals surface area contributed by atoms with Crippen molar-refractivity contribution in [1.29, 1.82) is 0 Å². The zero-order valence-electron chi connectivity index (χ0n) is 11.9. The largest absolute Gasteiger partial charge is 0.373 e. The molecule has 2 saturated heterocycles. The maximum Gasteiger partial charge on any atom is 0.245 e. The van der Waals surface area contributed by atoms with Gasteiger partial charge in [0.15, 0.2) is 0 Å². The van der Waals surface area contributed by atoms with Crippen LogP contribution in [-0.4, -0.2) is 53.3 Å². The van der Waals surface area contributed by atoms with Gasteiger partial charge in [-0.3, -0.25) is 9.59 Å². The number of nitrogens with one attached hydrogen (secondary N) is 1. The molecule has 2 atom stereocenters. The molecule has 110 valence electrons. The van der Waals surface area contributed by atoms with E-state index in [1.165, 1.54) is 5.56 Å². The average Bonchev–Trinajstić information content (AvgIpc) is 3.10. The quantitative estimate of drug-likeness (QED) is 0.832. The van der Waals surface area contributed by atoms with Gasteiger partial charge in [-0.1, -0.05) is 18.2 Å². The minimum Gasteiger partial charge on any atom is -0.373 e. The fourth-order valence-electron chi connectivity index (χ4n) is 3.73. The molecular weight excluding hydrogens is 266 g/mol. The first-order chi connectivity index (χ1) is 10.2. The highest BCUT2D eigenvalue weighted by atomic mass is 16.2. The van der Waals surface area contributed by atoms with Crippen LogP contribution < -0.4 is 5.32 Å². The van der Waals surface area contributed by atoms with E-state index in [4.69, 9.17) is 0 Å². The lowest BCUT2D eigenvalue weighted by molar-refractivity contribution is -0.139. The monoisotopic (exact) mass is 285 g/mol. The van der Waals surface area contributed by atoms with Crippen LogP contribution in [0.4, 0.5) is 5.69 Å². The first kappa shape index (κ1) is 12.7. The summed E-state index contributed by atoms with van der Waals surface area (Å²) in [5.74, 6) is 0.420. The van der Waals surface area contributed by atoms with E-state index in [9.17, 15) is 9.59 Å². The highest BCUT2D eigenvalue weighted by Crippen LogP contribution is 2.28. The minimum absolute atomic E-state index is 0.147. The Morgan fingerprint density at radius 1 is 1.24 bits per heavy atom. The summed E-state index contributed by atoms with van der Waals surface area (Å²) in [6.07, 6.45) is 2.29. The van der Waals surface area contributed by atoms with Crippen LogP contribution in [0.2, 0.25) is 0 Å². The molecular formula is C16H19N3O2. The molecule has 1 N–H and O–H groups in total. The molecule has 0 aliphatic carbocycles. The Labute approximate surface area is 123 Å². The first-order valence-electron chi connectivity index (χ1n) is 7.65. The van der Waals surface area contributed by atoms with Crippen LogP contribution in [0.5, 0.6) is 0 Å². The maximum atomic E-state index is 12.7. The SMILES string of the molecule is O=C(C1Cc2ccccc2N1)N1CCN2C(=O)CCC2C1. The van der Waals surface area contributed by atoms with Crippen molar-refractivity contribution in [2.75, 3.05) is 25.0 Å². The van der Waals surface area contributed by atoms with Crippen LogP contribution in [0.1, 0.15) is 18.4 Å².